The third-order valence-corrected chi connectivity index (χ3v) is 2.93. The van der Waals surface area contributed by atoms with Crippen molar-refractivity contribution >= 4 is 0 Å². The molecule has 0 aliphatic carbocycles. The van der Waals surface area contributed by atoms with Gasteiger partial charge >= 0.3 is 0 Å². The summed E-state index contributed by atoms with van der Waals surface area (Å²) in [4.78, 5) is 0. The quantitative estimate of drug-likeness (QED) is 0.636. The largest absolute Gasteiger partial charge is 0.316 e. The van der Waals surface area contributed by atoms with Gasteiger partial charge in [0.05, 0.1) is 0 Å². The normalized spacial score (nSPS) is 25.8. The fourth-order valence-electron chi connectivity index (χ4n) is 2.01. The van der Waals surface area contributed by atoms with Crippen molar-refractivity contribution in [2.75, 3.05) is 19.6 Å². The molecule has 1 fully saturated rings. The van der Waals surface area contributed by atoms with Crippen molar-refractivity contribution in [1.82, 2.24) is 10.6 Å². The first-order valence-corrected chi connectivity index (χ1v) is 5.78. The Morgan fingerprint density at radius 2 is 2.31 bits per heavy atom. The first-order chi connectivity index (χ1) is 6.34. The Morgan fingerprint density at radius 3 is 2.92 bits per heavy atom. The topological polar surface area (TPSA) is 24.1 Å². The van der Waals surface area contributed by atoms with Gasteiger partial charge in [0.25, 0.3) is 0 Å². The molecule has 0 amide bonds. The van der Waals surface area contributed by atoms with Crippen LogP contribution in [0.2, 0.25) is 0 Å². The molecule has 2 nitrogen and oxygen atoms in total. The zero-order chi connectivity index (χ0) is 9.52. The molecule has 0 bridgehead atoms. The van der Waals surface area contributed by atoms with Crippen LogP contribution < -0.4 is 10.6 Å². The molecule has 1 saturated heterocycles. The highest BCUT2D eigenvalue weighted by Crippen LogP contribution is 2.14. The lowest BCUT2D eigenvalue weighted by molar-refractivity contribution is 0.302. The molecule has 2 N–H and O–H groups in total. The Bertz CT molecular complexity index is 119. The summed E-state index contributed by atoms with van der Waals surface area (Å²) in [5.41, 5.74) is 0. The summed E-state index contributed by atoms with van der Waals surface area (Å²) in [6, 6.07) is 0.762. The number of rotatable bonds is 5. The number of hydrogen-bond donors (Lipinski definition) is 2. The molecule has 0 unspecified atom stereocenters. The van der Waals surface area contributed by atoms with E-state index in [4.69, 9.17) is 0 Å². The highest BCUT2D eigenvalue weighted by Gasteiger charge is 2.18. The van der Waals surface area contributed by atoms with Crippen molar-refractivity contribution in [3.05, 3.63) is 0 Å². The maximum absolute atomic E-state index is 3.61. The van der Waals surface area contributed by atoms with Gasteiger partial charge in [0.1, 0.15) is 0 Å². The predicted octanol–water partition coefficient (Wildman–Crippen LogP) is 1.76. The lowest BCUT2D eigenvalue weighted by Gasteiger charge is -2.29. The molecule has 0 spiro atoms. The van der Waals surface area contributed by atoms with Crippen molar-refractivity contribution < 1.29 is 0 Å². The van der Waals surface area contributed by atoms with E-state index in [1.54, 1.807) is 0 Å². The van der Waals surface area contributed by atoms with Crippen molar-refractivity contribution in [3.63, 3.8) is 0 Å². The van der Waals surface area contributed by atoms with Crippen molar-refractivity contribution in [2.45, 2.75) is 45.6 Å². The van der Waals surface area contributed by atoms with Gasteiger partial charge in [-0.15, -0.1) is 0 Å². The summed E-state index contributed by atoms with van der Waals surface area (Å²) in [5.74, 6) is 0.784. The molecule has 0 aromatic heterocycles. The second-order valence-corrected chi connectivity index (χ2v) is 4.24. The molecule has 13 heavy (non-hydrogen) atoms. The fraction of sp³-hybridized carbons (Fsp3) is 1.00. The molecular formula is C11H24N2. The average molecular weight is 184 g/mol. The minimum Gasteiger partial charge on any atom is -0.316 e. The van der Waals surface area contributed by atoms with Crippen molar-refractivity contribution in [1.29, 1.82) is 0 Å². The standard InChI is InChI=1S/C11H24N2/c1-3-7-12-9-10(2)11-6-4-5-8-13-11/h10-13H,3-9H2,1-2H3/t10-,11+/m1/s1. The Morgan fingerprint density at radius 1 is 1.46 bits per heavy atom. The predicted molar refractivity (Wildman–Crippen MR) is 58.0 cm³/mol. The first-order valence-electron chi connectivity index (χ1n) is 5.78. The molecule has 0 aromatic rings. The number of nitrogens with one attached hydrogen (secondary N) is 2. The van der Waals surface area contributed by atoms with Gasteiger partial charge in [0.15, 0.2) is 0 Å². The lowest BCUT2D eigenvalue weighted by atomic mass is 9.93. The summed E-state index contributed by atoms with van der Waals surface area (Å²) in [5, 5.41) is 7.10. The van der Waals surface area contributed by atoms with Gasteiger partial charge in [-0.2, -0.15) is 0 Å². The summed E-state index contributed by atoms with van der Waals surface area (Å²) in [6.07, 6.45) is 5.39. The van der Waals surface area contributed by atoms with Crippen LogP contribution >= 0.6 is 0 Å². The van der Waals surface area contributed by atoms with Gasteiger partial charge in [-0.05, 0) is 44.8 Å². The smallest absolute Gasteiger partial charge is 0.0105 e. The maximum Gasteiger partial charge on any atom is 0.0105 e. The second kappa shape index (κ2) is 6.39. The Balaban J connectivity index is 2.09. The van der Waals surface area contributed by atoms with Gasteiger partial charge in [-0.3, -0.25) is 0 Å². The lowest BCUT2D eigenvalue weighted by Crippen LogP contribution is -2.42. The summed E-state index contributed by atoms with van der Waals surface area (Å²) >= 11 is 0. The Hall–Kier alpha value is -0.0800. The van der Waals surface area contributed by atoms with Crippen LogP contribution in [-0.4, -0.2) is 25.7 Å². The van der Waals surface area contributed by atoms with E-state index in [1.165, 1.54) is 38.8 Å². The Kier molecular flexibility index (Phi) is 5.40. The van der Waals surface area contributed by atoms with Gasteiger partial charge < -0.3 is 10.6 Å². The zero-order valence-electron chi connectivity index (χ0n) is 9.10. The van der Waals surface area contributed by atoms with E-state index in [1.807, 2.05) is 0 Å². The summed E-state index contributed by atoms with van der Waals surface area (Å²) in [6.45, 7) is 8.13. The number of piperidine rings is 1. The first kappa shape index (κ1) is 11.0. The van der Waals surface area contributed by atoms with Crippen LogP contribution in [-0.2, 0) is 0 Å². The van der Waals surface area contributed by atoms with Gasteiger partial charge in [-0.1, -0.05) is 20.3 Å². The van der Waals surface area contributed by atoms with Crippen LogP contribution in [0.1, 0.15) is 39.5 Å². The molecule has 2 atom stereocenters. The average Bonchev–Trinajstić information content (AvgIpc) is 2.19. The minimum absolute atomic E-state index is 0.762. The van der Waals surface area contributed by atoms with Crippen LogP contribution in [0.3, 0.4) is 0 Å². The fourth-order valence-corrected chi connectivity index (χ4v) is 2.01. The second-order valence-electron chi connectivity index (χ2n) is 4.24. The molecule has 1 aliphatic heterocycles. The van der Waals surface area contributed by atoms with Crippen molar-refractivity contribution in [3.8, 4) is 0 Å². The maximum atomic E-state index is 3.61. The summed E-state index contributed by atoms with van der Waals surface area (Å²) in [7, 11) is 0. The molecule has 1 heterocycles. The molecule has 0 aromatic carbocycles. The summed E-state index contributed by atoms with van der Waals surface area (Å²) < 4.78 is 0. The molecular weight excluding hydrogens is 160 g/mol. The van der Waals surface area contributed by atoms with Crippen LogP contribution in [0.5, 0.6) is 0 Å². The molecule has 2 heteroatoms. The molecule has 1 rings (SSSR count). The van der Waals surface area contributed by atoms with E-state index in [0.29, 0.717) is 0 Å². The number of hydrogen-bond acceptors (Lipinski definition) is 2. The highest BCUT2D eigenvalue weighted by atomic mass is 14.9. The molecule has 1 aliphatic rings. The third kappa shape index (κ3) is 4.10. The zero-order valence-corrected chi connectivity index (χ0v) is 9.10. The van der Waals surface area contributed by atoms with Gasteiger partial charge in [0, 0.05) is 6.04 Å². The van der Waals surface area contributed by atoms with E-state index < -0.39 is 0 Å². The van der Waals surface area contributed by atoms with E-state index in [9.17, 15) is 0 Å². The van der Waals surface area contributed by atoms with Gasteiger partial charge in [-0.25, -0.2) is 0 Å². The SMILES string of the molecule is CCCNC[C@@H](C)[C@@H]1CCCCN1. The van der Waals surface area contributed by atoms with E-state index in [-0.39, 0.29) is 0 Å². The van der Waals surface area contributed by atoms with Crippen LogP contribution in [0.4, 0.5) is 0 Å². The van der Waals surface area contributed by atoms with E-state index in [2.05, 4.69) is 24.5 Å². The molecule has 0 radical (unpaired) electrons. The van der Waals surface area contributed by atoms with Crippen molar-refractivity contribution in [2.24, 2.45) is 5.92 Å². The third-order valence-electron chi connectivity index (χ3n) is 2.93. The minimum atomic E-state index is 0.762. The highest BCUT2D eigenvalue weighted by molar-refractivity contribution is 4.78. The van der Waals surface area contributed by atoms with Crippen LogP contribution in [0.15, 0.2) is 0 Å². The van der Waals surface area contributed by atoms with Crippen LogP contribution in [0, 0.1) is 5.92 Å². The van der Waals surface area contributed by atoms with Gasteiger partial charge in [0.2, 0.25) is 0 Å². The van der Waals surface area contributed by atoms with E-state index >= 15 is 0 Å². The van der Waals surface area contributed by atoms with Crippen LogP contribution in [0.25, 0.3) is 0 Å². The Labute approximate surface area is 82.5 Å². The molecule has 78 valence electrons. The molecule has 0 saturated carbocycles. The monoisotopic (exact) mass is 184 g/mol. The van der Waals surface area contributed by atoms with E-state index in [0.717, 1.165) is 18.5 Å².